The molecule has 232 valence electrons. The lowest BCUT2D eigenvalue weighted by atomic mass is 9.44. The summed E-state index contributed by atoms with van der Waals surface area (Å²) in [5, 5.41) is 31.6. The Morgan fingerprint density at radius 1 is 1.02 bits per heavy atom. The molecule has 0 unspecified atom stereocenters. The molecule has 0 aromatic heterocycles. The number of hydrogen-bond acceptors (Lipinski definition) is 7. The van der Waals surface area contributed by atoms with E-state index in [1.807, 2.05) is 54.6 Å². The molecule has 44 heavy (non-hydrogen) atoms. The van der Waals surface area contributed by atoms with Gasteiger partial charge < -0.3 is 24.8 Å². The molecule has 0 spiro atoms. The monoisotopic (exact) mass is 598 g/mol. The highest BCUT2D eigenvalue weighted by molar-refractivity contribution is 6.01. The second kappa shape index (κ2) is 10.6. The van der Waals surface area contributed by atoms with E-state index in [0.717, 1.165) is 34.2 Å². The maximum atomic E-state index is 13.8. The van der Waals surface area contributed by atoms with Crippen molar-refractivity contribution >= 4 is 11.6 Å². The normalized spacial score (nSPS) is 40.5. The van der Waals surface area contributed by atoms with Gasteiger partial charge in [0.2, 0.25) is 0 Å². The van der Waals surface area contributed by atoms with Crippen molar-refractivity contribution in [3.05, 3.63) is 94.6 Å². The fraction of sp³-hybridized carbons (Fsp3) is 0.514. The maximum absolute atomic E-state index is 13.8. The van der Waals surface area contributed by atoms with Crippen LogP contribution < -0.4 is 0 Å². The van der Waals surface area contributed by atoms with Gasteiger partial charge in [0.05, 0.1) is 18.8 Å². The molecule has 2 aromatic rings. The number of benzene rings is 2. The van der Waals surface area contributed by atoms with Crippen molar-refractivity contribution in [2.45, 2.75) is 77.2 Å². The Balaban J connectivity index is 1.18. The first-order valence-electron chi connectivity index (χ1n) is 15.9. The predicted molar refractivity (Wildman–Crippen MR) is 163 cm³/mol. The van der Waals surface area contributed by atoms with Crippen LogP contribution >= 0.6 is 0 Å². The van der Waals surface area contributed by atoms with Crippen molar-refractivity contribution in [3.63, 3.8) is 0 Å². The number of aliphatic hydroxyl groups is 3. The molecule has 2 aromatic carbocycles. The molecule has 4 fully saturated rings. The summed E-state index contributed by atoms with van der Waals surface area (Å²) in [4.78, 5) is 26.1. The second-order valence-electron chi connectivity index (χ2n) is 14.3. The largest absolute Gasteiger partial charge is 0.393 e. The number of carbonyl (C=O) groups excluding carboxylic acids is 2. The quantitative estimate of drug-likeness (QED) is 0.445. The van der Waals surface area contributed by atoms with Gasteiger partial charge in [-0.3, -0.25) is 9.59 Å². The van der Waals surface area contributed by atoms with Gasteiger partial charge in [0.1, 0.15) is 6.61 Å². The van der Waals surface area contributed by atoms with E-state index < -0.39 is 41.5 Å². The summed E-state index contributed by atoms with van der Waals surface area (Å²) in [7, 11) is 0. The van der Waals surface area contributed by atoms with E-state index in [1.54, 1.807) is 12.2 Å². The smallest absolute Gasteiger partial charge is 0.193 e. The highest BCUT2D eigenvalue weighted by Crippen LogP contribution is 2.71. The van der Waals surface area contributed by atoms with Crippen LogP contribution in [0.15, 0.2) is 72.3 Å². The van der Waals surface area contributed by atoms with E-state index in [9.17, 15) is 24.9 Å². The van der Waals surface area contributed by atoms with E-state index in [1.165, 1.54) is 0 Å². The predicted octanol–water partition coefficient (Wildman–Crippen LogP) is 4.62. The SMILES string of the molecule is C[C@H]1C[C@@H]2[C@H]([C@@H](O)C[C@@]3(C)[C@H]2C[C@H]2O[C@@H](c4ccc(Cc5cccc(CO)c5)cc4)O[C@]23C(=O)CO)[C@@]2(C)C=CC(=O)C=C12. The Labute approximate surface area is 258 Å². The van der Waals surface area contributed by atoms with Crippen molar-refractivity contribution in [1.29, 1.82) is 0 Å². The molecular formula is C37H42O7. The van der Waals surface area contributed by atoms with Crippen LogP contribution in [0.2, 0.25) is 0 Å². The van der Waals surface area contributed by atoms with E-state index in [-0.39, 0.29) is 41.8 Å². The molecule has 4 aliphatic carbocycles. The number of Topliss-reactive ketones (excluding diaryl/α,β-unsaturated/α-hetero) is 1. The Kier molecular flexibility index (Phi) is 7.14. The van der Waals surface area contributed by atoms with Crippen molar-refractivity contribution in [3.8, 4) is 0 Å². The number of rotatable bonds is 6. The van der Waals surface area contributed by atoms with Crippen molar-refractivity contribution in [2.24, 2.45) is 34.5 Å². The van der Waals surface area contributed by atoms with E-state index in [4.69, 9.17) is 9.47 Å². The van der Waals surface area contributed by atoms with E-state index in [0.29, 0.717) is 19.3 Å². The summed E-state index contributed by atoms with van der Waals surface area (Å²) in [5.74, 6) is -0.177. The molecule has 1 aliphatic heterocycles. The zero-order valence-corrected chi connectivity index (χ0v) is 25.6. The van der Waals surface area contributed by atoms with Gasteiger partial charge in [0.25, 0.3) is 0 Å². The third kappa shape index (κ3) is 4.20. The van der Waals surface area contributed by atoms with Gasteiger partial charge in [-0.1, -0.05) is 81.0 Å². The van der Waals surface area contributed by atoms with Crippen LogP contribution in [0.5, 0.6) is 0 Å². The lowest BCUT2D eigenvalue weighted by Gasteiger charge is -2.61. The Morgan fingerprint density at radius 3 is 2.50 bits per heavy atom. The third-order valence-corrected chi connectivity index (χ3v) is 11.9. The fourth-order valence-electron chi connectivity index (χ4n) is 10.1. The standard InChI is InChI=1S/C37H42O7/c1-21-13-27-29-17-32-37(31(42)20-39,36(29,3)18-30(41)33(27)35(2)12-11-26(40)16-28(21)35)44-34(43-32)25-9-7-22(8-10-25)14-23-5-4-6-24(15-23)19-38/h4-12,15-16,21,27,29-30,32-34,38-39,41H,13-14,17-20H2,1-3H3/t21-,27-,29-,30-,32+,33+,34+,35-,36-,37+/m0/s1. The molecule has 1 heterocycles. The summed E-state index contributed by atoms with van der Waals surface area (Å²) >= 11 is 0. The molecule has 1 saturated heterocycles. The van der Waals surface area contributed by atoms with Gasteiger partial charge in [0, 0.05) is 22.3 Å². The van der Waals surface area contributed by atoms with Crippen LogP contribution in [0, 0.1) is 34.5 Å². The molecule has 3 saturated carbocycles. The molecule has 0 amide bonds. The zero-order valence-electron chi connectivity index (χ0n) is 25.6. The highest BCUT2D eigenvalue weighted by atomic mass is 16.7. The van der Waals surface area contributed by atoms with Gasteiger partial charge in [-0.25, -0.2) is 0 Å². The first kappa shape index (κ1) is 29.8. The molecule has 0 radical (unpaired) electrons. The molecule has 7 rings (SSSR count). The molecule has 7 heteroatoms. The van der Waals surface area contributed by atoms with Gasteiger partial charge >= 0.3 is 0 Å². The second-order valence-corrected chi connectivity index (χ2v) is 14.3. The fourth-order valence-corrected chi connectivity index (χ4v) is 10.1. The van der Waals surface area contributed by atoms with Gasteiger partial charge in [-0.2, -0.15) is 0 Å². The summed E-state index contributed by atoms with van der Waals surface area (Å²) in [6.07, 6.45) is 5.85. The average molecular weight is 599 g/mol. The number of fused-ring (bicyclic) bond motifs is 7. The maximum Gasteiger partial charge on any atom is 0.193 e. The summed E-state index contributed by atoms with van der Waals surface area (Å²) in [6.45, 7) is 5.70. The minimum absolute atomic E-state index is 0.00224. The zero-order chi connectivity index (χ0) is 31.0. The number of hydrogen-bond donors (Lipinski definition) is 3. The van der Waals surface area contributed by atoms with Gasteiger partial charge in [-0.05, 0) is 72.3 Å². The topological polar surface area (TPSA) is 113 Å². The number of aliphatic hydroxyl groups excluding tert-OH is 3. The molecule has 5 aliphatic rings. The average Bonchev–Trinajstić information content (AvgIpc) is 3.51. The van der Waals surface area contributed by atoms with Gasteiger partial charge in [0.15, 0.2) is 23.5 Å². The summed E-state index contributed by atoms with van der Waals surface area (Å²) < 4.78 is 13.3. The molecule has 0 bridgehead atoms. The number of carbonyl (C=O) groups is 2. The summed E-state index contributed by atoms with van der Waals surface area (Å²) in [5.41, 5.74) is 2.43. The lowest BCUT2D eigenvalue weighted by Crippen LogP contribution is -2.64. The van der Waals surface area contributed by atoms with Crippen LogP contribution in [0.3, 0.4) is 0 Å². The Morgan fingerprint density at radius 2 is 1.77 bits per heavy atom. The minimum atomic E-state index is -1.37. The summed E-state index contributed by atoms with van der Waals surface area (Å²) in [6, 6.07) is 15.9. The molecular weight excluding hydrogens is 556 g/mol. The molecule has 3 N–H and O–H groups in total. The Bertz CT molecular complexity index is 1540. The minimum Gasteiger partial charge on any atom is -0.393 e. The first-order valence-corrected chi connectivity index (χ1v) is 15.9. The Hall–Kier alpha value is -2.94. The van der Waals surface area contributed by atoms with Crippen molar-refractivity contribution in [1.82, 2.24) is 0 Å². The van der Waals surface area contributed by atoms with E-state index in [2.05, 4.69) is 20.8 Å². The third-order valence-electron chi connectivity index (χ3n) is 11.9. The first-order chi connectivity index (χ1) is 21.0. The molecule has 7 nitrogen and oxygen atoms in total. The number of ether oxygens (including phenoxy) is 2. The van der Waals surface area contributed by atoms with Crippen molar-refractivity contribution < 1.29 is 34.4 Å². The molecule has 10 atom stereocenters. The van der Waals surface area contributed by atoms with Gasteiger partial charge in [-0.15, -0.1) is 0 Å². The van der Waals surface area contributed by atoms with E-state index >= 15 is 0 Å². The van der Waals surface area contributed by atoms with Crippen LogP contribution in [0.1, 0.15) is 68.6 Å². The van der Waals surface area contributed by atoms with Crippen LogP contribution in [0.4, 0.5) is 0 Å². The highest BCUT2D eigenvalue weighted by Gasteiger charge is 2.76. The lowest BCUT2D eigenvalue weighted by molar-refractivity contribution is -0.202. The number of ketones is 2. The van der Waals surface area contributed by atoms with Crippen LogP contribution in [0.25, 0.3) is 0 Å². The number of allylic oxidation sites excluding steroid dienone is 4. The van der Waals surface area contributed by atoms with Crippen LogP contribution in [-0.2, 0) is 32.1 Å². The van der Waals surface area contributed by atoms with Crippen LogP contribution in [-0.4, -0.2) is 51.3 Å². The van der Waals surface area contributed by atoms with Crippen molar-refractivity contribution in [2.75, 3.05) is 6.61 Å².